The molecule has 72 valence electrons. The van der Waals surface area contributed by atoms with Gasteiger partial charge in [0.05, 0.1) is 18.9 Å². The molecule has 0 aliphatic carbocycles. The fourth-order valence-corrected chi connectivity index (χ4v) is 1.08. The molecule has 5 nitrogen and oxygen atoms in total. The van der Waals surface area contributed by atoms with Gasteiger partial charge in [0.1, 0.15) is 0 Å². The van der Waals surface area contributed by atoms with Crippen molar-refractivity contribution in [3.8, 4) is 0 Å². The number of methoxy groups -OCH3 is 1. The van der Waals surface area contributed by atoms with Gasteiger partial charge in [0, 0.05) is 7.05 Å². The van der Waals surface area contributed by atoms with Gasteiger partial charge < -0.3 is 9.84 Å². The maximum Gasteiger partial charge on any atom is 0.358 e. The Morgan fingerprint density at radius 3 is 2.77 bits per heavy atom. The van der Waals surface area contributed by atoms with E-state index < -0.39 is 12.1 Å². The van der Waals surface area contributed by atoms with E-state index in [0.29, 0.717) is 5.69 Å². The van der Waals surface area contributed by atoms with Crippen molar-refractivity contribution in [3.63, 3.8) is 0 Å². The number of hydrogen-bond acceptors (Lipinski definition) is 4. The van der Waals surface area contributed by atoms with Crippen molar-refractivity contribution in [1.29, 1.82) is 0 Å². The van der Waals surface area contributed by atoms with Crippen molar-refractivity contribution >= 4 is 5.97 Å². The van der Waals surface area contributed by atoms with Crippen molar-refractivity contribution in [2.75, 3.05) is 7.11 Å². The van der Waals surface area contributed by atoms with Crippen LogP contribution in [0.15, 0.2) is 6.07 Å². The summed E-state index contributed by atoms with van der Waals surface area (Å²) < 4.78 is 5.94. The number of carbonyl (C=O) groups excluding carboxylic acids is 1. The van der Waals surface area contributed by atoms with Gasteiger partial charge in [-0.15, -0.1) is 0 Å². The largest absolute Gasteiger partial charge is 0.464 e. The first-order chi connectivity index (χ1) is 6.06. The molecular weight excluding hydrogens is 172 g/mol. The molecule has 1 aromatic heterocycles. The lowest BCUT2D eigenvalue weighted by Gasteiger charge is -2.01. The molecule has 0 fully saturated rings. The number of carbonyl (C=O) groups is 1. The number of rotatable bonds is 2. The minimum Gasteiger partial charge on any atom is -0.464 e. The highest BCUT2D eigenvalue weighted by atomic mass is 16.5. The lowest BCUT2D eigenvalue weighted by Crippen LogP contribution is -2.03. The predicted octanol–water partition coefficient (Wildman–Crippen LogP) is 0.260. The van der Waals surface area contributed by atoms with Crippen LogP contribution < -0.4 is 0 Å². The molecule has 13 heavy (non-hydrogen) atoms. The zero-order valence-electron chi connectivity index (χ0n) is 7.81. The molecule has 0 aromatic carbocycles. The lowest BCUT2D eigenvalue weighted by atomic mass is 10.2. The number of aryl methyl sites for hydroxylation is 1. The number of aliphatic hydroxyl groups is 1. The fraction of sp³-hybridized carbons (Fsp3) is 0.500. The van der Waals surface area contributed by atoms with Gasteiger partial charge in [-0.3, -0.25) is 4.68 Å². The molecule has 0 bridgehead atoms. The van der Waals surface area contributed by atoms with Gasteiger partial charge >= 0.3 is 5.97 Å². The summed E-state index contributed by atoms with van der Waals surface area (Å²) in [5.74, 6) is -0.498. The maximum absolute atomic E-state index is 11.0. The van der Waals surface area contributed by atoms with E-state index in [1.165, 1.54) is 17.9 Å². The van der Waals surface area contributed by atoms with Crippen LogP contribution >= 0.6 is 0 Å². The quantitative estimate of drug-likeness (QED) is 0.669. The summed E-state index contributed by atoms with van der Waals surface area (Å²) in [6, 6.07) is 1.51. The van der Waals surface area contributed by atoms with E-state index in [9.17, 15) is 9.90 Å². The third-order valence-electron chi connectivity index (χ3n) is 1.74. The molecule has 0 saturated heterocycles. The molecular formula is C8H12N2O3. The van der Waals surface area contributed by atoms with Crippen LogP contribution in [0, 0.1) is 0 Å². The zero-order chi connectivity index (χ0) is 10.0. The van der Waals surface area contributed by atoms with Gasteiger partial charge in [0.2, 0.25) is 0 Å². The minimum atomic E-state index is -0.643. The normalized spacial score (nSPS) is 12.6. The topological polar surface area (TPSA) is 64.3 Å². The number of hydrogen-bond donors (Lipinski definition) is 1. The number of aromatic nitrogens is 2. The minimum absolute atomic E-state index is 0.209. The average Bonchev–Trinajstić information content (AvgIpc) is 2.46. The smallest absolute Gasteiger partial charge is 0.358 e. The Hall–Kier alpha value is -1.36. The van der Waals surface area contributed by atoms with Gasteiger partial charge in [-0.05, 0) is 13.0 Å². The second-order valence-electron chi connectivity index (χ2n) is 2.75. The molecule has 0 unspecified atom stereocenters. The van der Waals surface area contributed by atoms with Crippen LogP contribution in [0.25, 0.3) is 0 Å². The Bertz CT molecular complexity index is 317. The summed E-state index contributed by atoms with van der Waals surface area (Å²) in [5, 5.41) is 13.1. The molecule has 1 atom stereocenters. The number of esters is 1. The molecule has 1 heterocycles. The highest BCUT2D eigenvalue weighted by molar-refractivity contribution is 5.87. The van der Waals surface area contributed by atoms with Crippen LogP contribution in [-0.2, 0) is 11.8 Å². The Balaban J connectivity index is 3.02. The third-order valence-corrected chi connectivity index (χ3v) is 1.74. The van der Waals surface area contributed by atoms with Crippen molar-refractivity contribution in [2.45, 2.75) is 13.0 Å². The van der Waals surface area contributed by atoms with Crippen LogP contribution in [0.4, 0.5) is 0 Å². The number of ether oxygens (including phenoxy) is 1. The Labute approximate surface area is 75.9 Å². The Kier molecular flexibility index (Phi) is 2.67. The summed E-state index contributed by atoms with van der Waals surface area (Å²) in [5.41, 5.74) is 0.793. The van der Waals surface area contributed by atoms with Crippen molar-refractivity contribution in [3.05, 3.63) is 17.5 Å². The van der Waals surface area contributed by atoms with E-state index in [4.69, 9.17) is 0 Å². The molecule has 0 aliphatic rings. The molecule has 1 rings (SSSR count). The summed E-state index contributed by atoms with van der Waals surface area (Å²) >= 11 is 0. The first-order valence-electron chi connectivity index (χ1n) is 3.86. The number of aliphatic hydroxyl groups excluding tert-OH is 1. The van der Waals surface area contributed by atoms with Gasteiger partial charge in [-0.25, -0.2) is 4.79 Å². The summed E-state index contributed by atoms with van der Waals surface area (Å²) in [6.07, 6.45) is -0.643. The summed E-state index contributed by atoms with van der Waals surface area (Å²) in [7, 11) is 2.95. The second kappa shape index (κ2) is 3.57. The molecule has 0 aliphatic heterocycles. The highest BCUT2D eigenvalue weighted by Gasteiger charge is 2.15. The van der Waals surface area contributed by atoms with E-state index in [0.717, 1.165) is 0 Å². The first kappa shape index (κ1) is 9.73. The Morgan fingerprint density at radius 2 is 2.38 bits per heavy atom. The average molecular weight is 184 g/mol. The zero-order valence-corrected chi connectivity index (χ0v) is 7.81. The lowest BCUT2D eigenvalue weighted by molar-refractivity contribution is 0.0593. The fourth-order valence-electron chi connectivity index (χ4n) is 1.08. The van der Waals surface area contributed by atoms with Gasteiger partial charge in [-0.1, -0.05) is 0 Å². The van der Waals surface area contributed by atoms with E-state index >= 15 is 0 Å². The SMILES string of the molecule is COC(=O)c1cc([C@H](C)O)n(C)n1. The van der Waals surface area contributed by atoms with Crippen molar-refractivity contribution in [2.24, 2.45) is 7.05 Å². The Morgan fingerprint density at radius 1 is 1.77 bits per heavy atom. The van der Waals surface area contributed by atoms with Gasteiger partial charge in [-0.2, -0.15) is 5.10 Å². The monoisotopic (exact) mass is 184 g/mol. The molecule has 5 heteroatoms. The first-order valence-corrected chi connectivity index (χ1v) is 3.86. The van der Waals surface area contributed by atoms with E-state index in [-0.39, 0.29) is 5.69 Å². The molecule has 1 N–H and O–H groups in total. The standard InChI is InChI=1S/C8H12N2O3/c1-5(11)7-4-6(8(12)13-3)9-10(7)2/h4-5,11H,1-3H3/t5-/m0/s1. The molecule has 0 radical (unpaired) electrons. The van der Waals surface area contributed by atoms with E-state index in [1.807, 2.05) is 0 Å². The van der Waals surface area contributed by atoms with Crippen molar-refractivity contribution < 1.29 is 14.6 Å². The molecule has 0 amide bonds. The number of nitrogens with zero attached hydrogens (tertiary/aromatic N) is 2. The van der Waals surface area contributed by atoms with Crippen LogP contribution in [0.2, 0.25) is 0 Å². The molecule has 0 spiro atoms. The second-order valence-corrected chi connectivity index (χ2v) is 2.75. The van der Waals surface area contributed by atoms with E-state index in [1.54, 1.807) is 14.0 Å². The van der Waals surface area contributed by atoms with Crippen molar-refractivity contribution in [1.82, 2.24) is 9.78 Å². The van der Waals surface area contributed by atoms with Crippen LogP contribution in [0.1, 0.15) is 29.2 Å². The third kappa shape index (κ3) is 1.86. The maximum atomic E-state index is 11.0. The van der Waals surface area contributed by atoms with E-state index in [2.05, 4.69) is 9.84 Å². The van der Waals surface area contributed by atoms with Crippen LogP contribution in [-0.4, -0.2) is 28.0 Å². The van der Waals surface area contributed by atoms with Crippen LogP contribution in [0.5, 0.6) is 0 Å². The summed E-state index contributed by atoms with van der Waals surface area (Å²) in [4.78, 5) is 11.0. The summed E-state index contributed by atoms with van der Waals surface area (Å²) in [6.45, 7) is 1.61. The highest BCUT2D eigenvalue weighted by Crippen LogP contribution is 2.12. The van der Waals surface area contributed by atoms with Crippen LogP contribution in [0.3, 0.4) is 0 Å². The molecule has 0 saturated carbocycles. The predicted molar refractivity (Wildman–Crippen MR) is 45.2 cm³/mol. The van der Waals surface area contributed by atoms with Gasteiger partial charge in [0.25, 0.3) is 0 Å². The molecule has 1 aromatic rings. The van der Waals surface area contributed by atoms with Gasteiger partial charge in [0.15, 0.2) is 5.69 Å².